The minimum absolute atomic E-state index is 0.293. The molecular formula is C29H21ClFNO3. The Morgan fingerprint density at radius 2 is 1.71 bits per heavy atom. The van der Waals surface area contributed by atoms with Crippen molar-refractivity contribution in [3.05, 3.63) is 112 Å². The van der Waals surface area contributed by atoms with E-state index in [0.29, 0.717) is 33.5 Å². The molecule has 1 heterocycles. The number of rotatable bonds is 5. The van der Waals surface area contributed by atoms with E-state index in [1.54, 1.807) is 36.4 Å². The number of Topliss-reactive ketones (excluding diaryl/α,β-unsaturated/α-hetero) is 1. The first-order valence-corrected chi connectivity index (χ1v) is 11.7. The van der Waals surface area contributed by atoms with Crippen LogP contribution >= 0.6 is 11.6 Å². The van der Waals surface area contributed by atoms with Crippen LogP contribution in [0.15, 0.2) is 72.8 Å². The molecule has 6 heteroatoms. The first-order chi connectivity index (χ1) is 17.0. The fraction of sp³-hybridized carbons (Fsp3) is 0.138. The van der Waals surface area contributed by atoms with Crippen molar-refractivity contribution in [2.45, 2.75) is 19.3 Å². The average molecular weight is 486 g/mol. The predicted octanol–water partition coefficient (Wildman–Crippen LogP) is 6.94. The first-order valence-electron chi connectivity index (χ1n) is 11.3. The van der Waals surface area contributed by atoms with Crippen LogP contribution in [0.25, 0.3) is 22.6 Å². The molecule has 0 unspecified atom stereocenters. The highest BCUT2D eigenvalue weighted by Crippen LogP contribution is 2.36. The van der Waals surface area contributed by atoms with E-state index in [1.807, 2.05) is 30.3 Å². The summed E-state index contributed by atoms with van der Waals surface area (Å²) in [5.74, 6) is -1.15. The zero-order valence-corrected chi connectivity index (χ0v) is 19.5. The molecule has 0 fully saturated rings. The standard InChI is InChI=1S/C29H21ClFNO3/c30-21-12-10-19(11-13-21)26(33)17-35-29(34)27-23-5-1-2-7-25(23)32-28-20(4-3-6-24(27)28)16-18-8-14-22(31)15-9-18/h1-2,5,7-16H,3-4,6,17H2. The lowest BCUT2D eigenvalue weighted by molar-refractivity contribution is 0.0475. The van der Waals surface area contributed by atoms with Crippen LogP contribution in [0, 0.1) is 5.82 Å². The lowest BCUT2D eigenvalue weighted by Gasteiger charge is -2.22. The van der Waals surface area contributed by atoms with Crippen LogP contribution in [-0.2, 0) is 11.2 Å². The van der Waals surface area contributed by atoms with Crippen molar-refractivity contribution < 1.29 is 18.7 Å². The number of allylic oxidation sites excluding steroid dienone is 1. The van der Waals surface area contributed by atoms with Gasteiger partial charge in [-0.25, -0.2) is 14.2 Å². The number of benzene rings is 3. The number of ether oxygens (including phenoxy) is 1. The van der Waals surface area contributed by atoms with Gasteiger partial charge in [0.15, 0.2) is 12.4 Å². The van der Waals surface area contributed by atoms with Gasteiger partial charge in [0.25, 0.3) is 0 Å². The van der Waals surface area contributed by atoms with Crippen molar-refractivity contribution >= 4 is 45.9 Å². The summed E-state index contributed by atoms with van der Waals surface area (Å²) in [6.07, 6.45) is 4.28. The van der Waals surface area contributed by atoms with Crippen LogP contribution < -0.4 is 0 Å². The molecule has 0 amide bonds. The number of nitrogens with zero attached hydrogens (tertiary/aromatic N) is 1. The summed E-state index contributed by atoms with van der Waals surface area (Å²) >= 11 is 5.89. The van der Waals surface area contributed by atoms with E-state index >= 15 is 0 Å². The number of aromatic nitrogens is 1. The Balaban J connectivity index is 1.51. The molecule has 3 aromatic carbocycles. The third-order valence-electron chi connectivity index (χ3n) is 6.09. The Hall–Kier alpha value is -3.83. The summed E-state index contributed by atoms with van der Waals surface area (Å²) in [4.78, 5) is 30.8. The summed E-state index contributed by atoms with van der Waals surface area (Å²) in [5.41, 5.74) is 4.95. The Morgan fingerprint density at radius 1 is 0.971 bits per heavy atom. The van der Waals surface area contributed by atoms with E-state index < -0.39 is 5.97 Å². The topological polar surface area (TPSA) is 56.3 Å². The van der Waals surface area contributed by atoms with Crippen LogP contribution in [0.5, 0.6) is 0 Å². The smallest absolute Gasteiger partial charge is 0.339 e. The molecule has 4 nitrogen and oxygen atoms in total. The third kappa shape index (κ3) is 4.86. The maximum atomic E-state index is 13.4. The summed E-state index contributed by atoms with van der Waals surface area (Å²) < 4.78 is 18.9. The van der Waals surface area contributed by atoms with Gasteiger partial charge >= 0.3 is 5.97 Å². The third-order valence-corrected chi connectivity index (χ3v) is 6.34. The first kappa shape index (κ1) is 22.9. The molecule has 5 rings (SSSR count). The number of hydrogen-bond donors (Lipinski definition) is 0. The molecule has 0 radical (unpaired) electrons. The lowest BCUT2D eigenvalue weighted by Crippen LogP contribution is -2.18. The van der Waals surface area contributed by atoms with Crippen molar-refractivity contribution in [2.24, 2.45) is 0 Å². The number of fused-ring (bicyclic) bond motifs is 2. The van der Waals surface area contributed by atoms with E-state index in [4.69, 9.17) is 21.3 Å². The molecule has 0 N–H and O–H groups in total. The van der Waals surface area contributed by atoms with E-state index in [-0.39, 0.29) is 18.2 Å². The molecule has 174 valence electrons. The number of halogens is 2. The summed E-state index contributed by atoms with van der Waals surface area (Å²) in [7, 11) is 0. The zero-order valence-electron chi connectivity index (χ0n) is 18.8. The predicted molar refractivity (Wildman–Crippen MR) is 135 cm³/mol. The second-order valence-corrected chi connectivity index (χ2v) is 8.85. The van der Waals surface area contributed by atoms with Crippen LogP contribution in [0.4, 0.5) is 4.39 Å². The van der Waals surface area contributed by atoms with Gasteiger partial charge in [-0.3, -0.25) is 4.79 Å². The zero-order chi connectivity index (χ0) is 24.4. The van der Waals surface area contributed by atoms with E-state index in [1.165, 1.54) is 12.1 Å². The van der Waals surface area contributed by atoms with Crippen LogP contribution in [0.1, 0.15) is 50.4 Å². The number of carbonyl (C=O) groups excluding carboxylic acids is 2. The fourth-order valence-electron chi connectivity index (χ4n) is 4.39. The number of hydrogen-bond acceptors (Lipinski definition) is 4. The van der Waals surface area contributed by atoms with Crippen molar-refractivity contribution in [3.63, 3.8) is 0 Å². The summed E-state index contributed by atoms with van der Waals surface area (Å²) in [6.45, 7) is -0.371. The Morgan fingerprint density at radius 3 is 2.49 bits per heavy atom. The SMILES string of the molecule is O=C(COC(=O)c1c2c(nc3ccccc13)C(=Cc1ccc(F)cc1)CCC2)c1ccc(Cl)cc1. The fourth-order valence-corrected chi connectivity index (χ4v) is 4.52. The Labute approximate surface area is 207 Å². The molecule has 0 saturated heterocycles. The van der Waals surface area contributed by atoms with Crippen LogP contribution in [-0.4, -0.2) is 23.3 Å². The second-order valence-electron chi connectivity index (χ2n) is 8.41. The van der Waals surface area contributed by atoms with Gasteiger partial charge in [-0.2, -0.15) is 0 Å². The maximum absolute atomic E-state index is 13.4. The quantitative estimate of drug-likeness (QED) is 0.227. The summed E-state index contributed by atoms with van der Waals surface area (Å²) in [5, 5.41) is 1.22. The molecule has 1 aliphatic carbocycles. The van der Waals surface area contributed by atoms with Crippen molar-refractivity contribution in [1.29, 1.82) is 0 Å². The molecule has 4 aromatic rings. The Bertz CT molecular complexity index is 1460. The van der Waals surface area contributed by atoms with Gasteiger partial charge in [0, 0.05) is 16.0 Å². The number of para-hydroxylation sites is 1. The molecule has 0 aliphatic heterocycles. The second kappa shape index (κ2) is 9.80. The maximum Gasteiger partial charge on any atom is 0.339 e. The van der Waals surface area contributed by atoms with Crippen molar-refractivity contribution in [2.75, 3.05) is 6.61 Å². The molecule has 35 heavy (non-hydrogen) atoms. The summed E-state index contributed by atoms with van der Waals surface area (Å²) in [6, 6.07) is 20.2. The number of esters is 1. The minimum Gasteiger partial charge on any atom is -0.454 e. The van der Waals surface area contributed by atoms with Gasteiger partial charge in [0.05, 0.1) is 16.8 Å². The molecule has 0 spiro atoms. The molecule has 0 bridgehead atoms. The van der Waals surface area contributed by atoms with Crippen LogP contribution in [0.3, 0.4) is 0 Å². The van der Waals surface area contributed by atoms with Crippen molar-refractivity contribution in [1.82, 2.24) is 4.98 Å². The minimum atomic E-state index is -0.551. The van der Waals surface area contributed by atoms with Crippen molar-refractivity contribution in [3.8, 4) is 0 Å². The van der Waals surface area contributed by atoms with Gasteiger partial charge in [0.2, 0.25) is 0 Å². The molecule has 0 saturated carbocycles. The normalized spacial score (nSPS) is 14.1. The highest BCUT2D eigenvalue weighted by Gasteiger charge is 2.26. The van der Waals surface area contributed by atoms with Gasteiger partial charge in [-0.05, 0) is 84.5 Å². The molecule has 0 atom stereocenters. The van der Waals surface area contributed by atoms with Gasteiger partial charge in [-0.1, -0.05) is 41.9 Å². The van der Waals surface area contributed by atoms with Gasteiger partial charge < -0.3 is 4.74 Å². The lowest BCUT2D eigenvalue weighted by atomic mass is 9.86. The largest absolute Gasteiger partial charge is 0.454 e. The molecule has 1 aliphatic rings. The highest BCUT2D eigenvalue weighted by atomic mass is 35.5. The van der Waals surface area contributed by atoms with E-state index in [0.717, 1.165) is 35.2 Å². The van der Waals surface area contributed by atoms with Gasteiger partial charge in [-0.15, -0.1) is 0 Å². The molecular weight excluding hydrogens is 465 g/mol. The average Bonchev–Trinajstić information content (AvgIpc) is 2.87. The Kier molecular flexibility index (Phi) is 6.43. The van der Waals surface area contributed by atoms with E-state index in [9.17, 15) is 14.0 Å². The van der Waals surface area contributed by atoms with Gasteiger partial charge in [0.1, 0.15) is 5.82 Å². The highest BCUT2D eigenvalue weighted by molar-refractivity contribution is 6.30. The number of carbonyl (C=O) groups is 2. The van der Waals surface area contributed by atoms with Crippen LogP contribution in [0.2, 0.25) is 5.02 Å². The monoisotopic (exact) mass is 485 g/mol. The van der Waals surface area contributed by atoms with E-state index in [2.05, 4.69) is 0 Å². The number of pyridine rings is 1. The molecule has 1 aromatic heterocycles. The number of ketones is 1.